The van der Waals surface area contributed by atoms with Crippen LogP contribution in [-0.2, 0) is 16.0 Å². The third kappa shape index (κ3) is 4.07. The smallest absolute Gasteiger partial charge is 0.323 e. The number of terminal acetylenes is 1. The molecule has 19 heavy (non-hydrogen) atoms. The summed E-state index contributed by atoms with van der Waals surface area (Å²) in [7, 11) is 0. The van der Waals surface area contributed by atoms with Crippen molar-refractivity contribution >= 4 is 11.9 Å². The summed E-state index contributed by atoms with van der Waals surface area (Å²) in [6.45, 7) is -0.790. The molecule has 0 fully saturated rings. The topological polar surface area (TPSA) is 57.6 Å². The Labute approximate surface area is 108 Å². The van der Waals surface area contributed by atoms with Crippen molar-refractivity contribution in [1.82, 2.24) is 4.90 Å². The van der Waals surface area contributed by atoms with Gasteiger partial charge in [-0.15, -0.1) is 6.42 Å². The zero-order valence-electron chi connectivity index (χ0n) is 9.90. The van der Waals surface area contributed by atoms with E-state index in [1.54, 1.807) is 0 Å². The van der Waals surface area contributed by atoms with Crippen LogP contribution in [0.5, 0.6) is 0 Å². The number of amides is 1. The molecule has 0 aliphatic carbocycles. The van der Waals surface area contributed by atoms with E-state index in [0.29, 0.717) is 0 Å². The van der Waals surface area contributed by atoms with Crippen LogP contribution in [0.3, 0.4) is 0 Å². The number of carbonyl (C=O) groups excluding carboxylic acids is 1. The summed E-state index contributed by atoms with van der Waals surface area (Å²) in [6.07, 6.45) is 4.57. The minimum atomic E-state index is -1.23. The van der Waals surface area contributed by atoms with Gasteiger partial charge >= 0.3 is 5.97 Å². The van der Waals surface area contributed by atoms with E-state index in [0.717, 1.165) is 11.0 Å². The molecule has 0 saturated carbocycles. The lowest BCUT2D eigenvalue weighted by molar-refractivity contribution is -0.143. The normalized spacial score (nSPS) is 9.74. The number of benzene rings is 1. The average molecular weight is 267 g/mol. The zero-order chi connectivity index (χ0) is 14.4. The van der Waals surface area contributed by atoms with Gasteiger partial charge in [-0.1, -0.05) is 18.1 Å². The highest BCUT2D eigenvalue weighted by Crippen LogP contribution is 2.12. The number of carboxylic acids is 1. The standard InChI is InChI=1S/C13H11F2NO3/c1-2-6-16(8-12(18)19)11(17)7-9-4-3-5-10(14)13(9)15/h1,3-5H,6-8H2,(H,18,19). The summed E-state index contributed by atoms with van der Waals surface area (Å²) in [5.41, 5.74) is -0.141. The molecular weight excluding hydrogens is 256 g/mol. The van der Waals surface area contributed by atoms with Crippen LogP contribution >= 0.6 is 0 Å². The highest BCUT2D eigenvalue weighted by atomic mass is 19.2. The van der Waals surface area contributed by atoms with Gasteiger partial charge in [0.1, 0.15) is 6.54 Å². The summed E-state index contributed by atoms with van der Waals surface area (Å²) < 4.78 is 26.3. The molecule has 0 unspecified atom stereocenters. The van der Waals surface area contributed by atoms with Crippen molar-refractivity contribution < 1.29 is 23.5 Å². The van der Waals surface area contributed by atoms with Crippen molar-refractivity contribution in [2.75, 3.05) is 13.1 Å². The first-order chi connectivity index (χ1) is 8.95. The SMILES string of the molecule is C#CCN(CC(=O)O)C(=O)Cc1cccc(F)c1F. The molecule has 0 aliphatic rings. The van der Waals surface area contributed by atoms with Gasteiger partial charge in [-0.25, -0.2) is 8.78 Å². The van der Waals surface area contributed by atoms with E-state index in [2.05, 4.69) is 5.92 Å². The molecule has 0 heterocycles. The van der Waals surface area contributed by atoms with E-state index in [-0.39, 0.29) is 12.1 Å². The Morgan fingerprint density at radius 1 is 1.37 bits per heavy atom. The molecule has 1 amide bonds. The van der Waals surface area contributed by atoms with Gasteiger partial charge in [-0.05, 0) is 6.07 Å². The molecule has 0 atom stereocenters. The van der Waals surface area contributed by atoms with Gasteiger partial charge in [0.2, 0.25) is 5.91 Å². The number of carbonyl (C=O) groups is 2. The Hall–Kier alpha value is -2.42. The molecule has 1 N–H and O–H groups in total. The van der Waals surface area contributed by atoms with Crippen molar-refractivity contribution in [1.29, 1.82) is 0 Å². The summed E-state index contributed by atoms with van der Waals surface area (Å²) in [5, 5.41) is 8.63. The molecular formula is C13H11F2NO3. The van der Waals surface area contributed by atoms with Crippen LogP contribution < -0.4 is 0 Å². The lowest BCUT2D eigenvalue weighted by atomic mass is 10.1. The first-order valence-electron chi connectivity index (χ1n) is 5.31. The molecule has 4 nitrogen and oxygen atoms in total. The Balaban J connectivity index is 2.84. The van der Waals surface area contributed by atoms with E-state index >= 15 is 0 Å². The monoisotopic (exact) mass is 267 g/mol. The van der Waals surface area contributed by atoms with Gasteiger partial charge < -0.3 is 10.0 Å². The summed E-state index contributed by atoms with van der Waals surface area (Å²) in [6, 6.07) is 3.45. The third-order valence-corrected chi connectivity index (χ3v) is 2.33. The summed E-state index contributed by atoms with van der Waals surface area (Å²) in [4.78, 5) is 23.2. The first-order valence-corrected chi connectivity index (χ1v) is 5.31. The fourth-order valence-corrected chi connectivity index (χ4v) is 1.47. The van der Waals surface area contributed by atoms with E-state index in [1.165, 1.54) is 12.1 Å². The number of halogens is 2. The minimum Gasteiger partial charge on any atom is -0.480 e. The summed E-state index contributed by atoms with van der Waals surface area (Å²) in [5.74, 6) is -1.95. The van der Waals surface area contributed by atoms with Gasteiger partial charge in [0.05, 0.1) is 13.0 Å². The summed E-state index contributed by atoms with van der Waals surface area (Å²) >= 11 is 0. The minimum absolute atomic E-state index is 0.141. The van der Waals surface area contributed by atoms with Crippen molar-refractivity contribution in [2.45, 2.75) is 6.42 Å². The van der Waals surface area contributed by atoms with Crippen LogP contribution in [0, 0.1) is 24.0 Å². The molecule has 0 bridgehead atoms. The predicted molar refractivity (Wildman–Crippen MR) is 63.1 cm³/mol. The van der Waals surface area contributed by atoms with Crippen molar-refractivity contribution in [3.05, 3.63) is 35.4 Å². The number of carboxylic acid groups (broad SMARTS) is 1. The molecule has 0 spiro atoms. The van der Waals surface area contributed by atoms with Crippen molar-refractivity contribution in [3.63, 3.8) is 0 Å². The third-order valence-electron chi connectivity index (χ3n) is 2.33. The Bertz CT molecular complexity index is 537. The zero-order valence-corrected chi connectivity index (χ0v) is 9.90. The van der Waals surface area contributed by atoms with Crippen LogP contribution in [-0.4, -0.2) is 35.0 Å². The maximum atomic E-state index is 13.4. The second-order valence-corrected chi connectivity index (χ2v) is 3.74. The van der Waals surface area contributed by atoms with Crippen LogP contribution in [0.15, 0.2) is 18.2 Å². The number of nitrogens with zero attached hydrogens (tertiary/aromatic N) is 1. The van der Waals surface area contributed by atoms with Crippen LogP contribution in [0.4, 0.5) is 8.78 Å². The first kappa shape index (κ1) is 14.6. The highest BCUT2D eigenvalue weighted by Gasteiger charge is 2.18. The van der Waals surface area contributed by atoms with Crippen molar-refractivity contribution in [2.24, 2.45) is 0 Å². The van der Waals surface area contributed by atoms with Crippen LogP contribution in [0.1, 0.15) is 5.56 Å². The number of rotatable bonds is 5. The Kier molecular flexibility index (Phi) is 5.01. The molecule has 1 aromatic carbocycles. The van der Waals surface area contributed by atoms with E-state index in [4.69, 9.17) is 11.5 Å². The van der Waals surface area contributed by atoms with E-state index in [1.807, 2.05) is 0 Å². The van der Waals surface area contributed by atoms with Gasteiger partial charge in [0, 0.05) is 5.56 Å². The predicted octanol–water partition coefficient (Wildman–Crippen LogP) is 1.05. The molecule has 0 radical (unpaired) electrons. The van der Waals surface area contributed by atoms with E-state index in [9.17, 15) is 18.4 Å². The number of hydrogen-bond acceptors (Lipinski definition) is 2. The quantitative estimate of drug-likeness (QED) is 0.811. The van der Waals surface area contributed by atoms with Crippen LogP contribution in [0.25, 0.3) is 0 Å². The van der Waals surface area contributed by atoms with Gasteiger partial charge in [-0.3, -0.25) is 9.59 Å². The second-order valence-electron chi connectivity index (χ2n) is 3.74. The Morgan fingerprint density at radius 2 is 2.05 bits per heavy atom. The lowest BCUT2D eigenvalue weighted by Gasteiger charge is -2.18. The lowest BCUT2D eigenvalue weighted by Crippen LogP contribution is -2.37. The maximum absolute atomic E-state index is 13.4. The fraction of sp³-hybridized carbons (Fsp3) is 0.231. The second kappa shape index (κ2) is 6.50. The van der Waals surface area contributed by atoms with Gasteiger partial charge in [-0.2, -0.15) is 0 Å². The molecule has 6 heteroatoms. The molecule has 100 valence electrons. The molecule has 0 saturated heterocycles. The van der Waals surface area contributed by atoms with Gasteiger partial charge in [0.15, 0.2) is 11.6 Å². The maximum Gasteiger partial charge on any atom is 0.323 e. The number of hydrogen-bond donors (Lipinski definition) is 1. The van der Waals surface area contributed by atoms with Crippen molar-refractivity contribution in [3.8, 4) is 12.3 Å². The highest BCUT2D eigenvalue weighted by molar-refractivity contribution is 5.83. The van der Waals surface area contributed by atoms with Gasteiger partial charge in [0.25, 0.3) is 0 Å². The van der Waals surface area contributed by atoms with E-state index < -0.39 is 36.5 Å². The number of aliphatic carboxylic acids is 1. The Morgan fingerprint density at radius 3 is 2.63 bits per heavy atom. The fourth-order valence-electron chi connectivity index (χ4n) is 1.47. The largest absolute Gasteiger partial charge is 0.480 e. The van der Waals surface area contributed by atoms with Crippen LogP contribution in [0.2, 0.25) is 0 Å². The molecule has 1 aromatic rings. The molecule has 0 aliphatic heterocycles. The molecule has 1 rings (SSSR count). The molecule has 0 aromatic heterocycles. The average Bonchev–Trinajstić information content (AvgIpc) is 2.34.